The summed E-state index contributed by atoms with van der Waals surface area (Å²) in [6.07, 6.45) is 3.36. The van der Waals surface area contributed by atoms with Crippen molar-refractivity contribution in [2.45, 2.75) is 26.5 Å². The Morgan fingerprint density at radius 2 is 2.22 bits per heavy atom. The second-order valence-electron chi connectivity index (χ2n) is 4.21. The molecule has 0 atom stereocenters. The Labute approximate surface area is 106 Å². The SMILES string of the molecule is CC(C)Oc1cc(NCc2ccnn2C)ncn1. The molecule has 0 aliphatic rings. The monoisotopic (exact) mass is 247 g/mol. The summed E-state index contributed by atoms with van der Waals surface area (Å²) in [5, 5.41) is 7.31. The average Bonchev–Trinajstić information content (AvgIpc) is 2.72. The fourth-order valence-electron chi connectivity index (χ4n) is 1.50. The van der Waals surface area contributed by atoms with Crippen LogP contribution in [-0.2, 0) is 13.6 Å². The Hall–Kier alpha value is -2.11. The van der Waals surface area contributed by atoms with Crippen molar-refractivity contribution < 1.29 is 4.74 Å². The molecule has 0 aliphatic carbocycles. The number of aryl methyl sites for hydroxylation is 1. The first-order valence-electron chi connectivity index (χ1n) is 5.84. The third-order valence-electron chi connectivity index (χ3n) is 2.37. The molecule has 0 radical (unpaired) electrons. The van der Waals surface area contributed by atoms with Gasteiger partial charge in [-0.2, -0.15) is 5.10 Å². The third-order valence-corrected chi connectivity index (χ3v) is 2.37. The molecule has 0 saturated heterocycles. The predicted molar refractivity (Wildman–Crippen MR) is 68.3 cm³/mol. The largest absolute Gasteiger partial charge is 0.475 e. The van der Waals surface area contributed by atoms with Crippen molar-refractivity contribution in [3.05, 3.63) is 30.4 Å². The summed E-state index contributed by atoms with van der Waals surface area (Å²) in [7, 11) is 1.91. The Balaban J connectivity index is 1.99. The van der Waals surface area contributed by atoms with Crippen molar-refractivity contribution in [1.82, 2.24) is 19.7 Å². The number of ether oxygens (including phenoxy) is 1. The molecule has 0 unspecified atom stereocenters. The van der Waals surface area contributed by atoms with Crippen molar-refractivity contribution in [1.29, 1.82) is 0 Å². The second kappa shape index (κ2) is 5.48. The summed E-state index contributed by atoms with van der Waals surface area (Å²) in [6.45, 7) is 4.59. The zero-order chi connectivity index (χ0) is 13.0. The number of hydrogen-bond donors (Lipinski definition) is 1. The minimum atomic E-state index is 0.102. The molecule has 0 saturated carbocycles. The molecular formula is C12H17N5O. The minimum Gasteiger partial charge on any atom is -0.475 e. The van der Waals surface area contributed by atoms with Crippen molar-refractivity contribution in [2.24, 2.45) is 7.05 Å². The number of nitrogens with one attached hydrogen (secondary N) is 1. The number of anilines is 1. The van der Waals surface area contributed by atoms with E-state index < -0.39 is 0 Å². The molecule has 2 aromatic heterocycles. The van der Waals surface area contributed by atoms with Gasteiger partial charge in [0.05, 0.1) is 18.3 Å². The summed E-state index contributed by atoms with van der Waals surface area (Å²) >= 11 is 0. The summed E-state index contributed by atoms with van der Waals surface area (Å²) in [5.41, 5.74) is 1.08. The predicted octanol–water partition coefficient (Wildman–Crippen LogP) is 1.61. The van der Waals surface area contributed by atoms with Crippen LogP contribution in [0.1, 0.15) is 19.5 Å². The highest BCUT2D eigenvalue weighted by Gasteiger charge is 2.03. The van der Waals surface area contributed by atoms with E-state index in [4.69, 9.17) is 4.74 Å². The normalized spacial score (nSPS) is 10.7. The lowest BCUT2D eigenvalue weighted by Crippen LogP contribution is -2.09. The highest BCUT2D eigenvalue weighted by molar-refractivity contribution is 5.37. The number of hydrogen-bond acceptors (Lipinski definition) is 5. The third kappa shape index (κ3) is 3.19. The van der Waals surface area contributed by atoms with E-state index in [1.54, 1.807) is 12.3 Å². The van der Waals surface area contributed by atoms with E-state index in [0.717, 1.165) is 11.5 Å². The lowest BCUT2D eigenvalue weighted by Gasteiger charge is -2.10. The van der Waals surface area contributed by atoms with Gasteiger partial charge in [0.15, 0.2) is 0 Å². The molecular weight excluding hydrogens is 230 g/mol. The maximum absolute atomic E-state index is 5.51. The Bertz CT molecular complexity index is 509. The Morgan fingerprint density at radius 3 is 2.89 bits per heavy atom. The van der Waals surface area contributed by atoms with Crippen LogP contribution in [0.3, 0.4) is 0 Å². The Morgan fingerprint density at radius 1 is 1.39 bits per heavy atom. The molecule has 0 amide bonds. The fraction of sp³-hybridized carbons (Fsp3) is 0.417. The highest BCUT2D eigenvalue weighted by atomic mass is 16.5. The van der Waals surface area contributed by atoms with Crippen LogP contribution in [0.5, 0.6) is 5.88 Å². The van der Waals surface area contributed by atoms with E-state index in [0.29, 0.717) is 12.4 Å². The van der Waals surface area contributed by atoms with Crippen molar-refractivity contribution in [2.75, 3.05) is 5.32 Å². The molecule has 2 aromatic rings. The summed E-state index contributed by atoms with van der Waals surface area (Å²) < 4.78 is 7.33. The zero-order valence-electron chi connectivity index (χ0n) is 10.8. The summed E-state index contributed by atoms with van der Waals surface area (Å²) in [6, 6.07) is 3.75. The van der Waals surface area contributed by atoms with Crippen LogP contribution in [0, 0.1) is 0 Å². The van der Waals surface area contributed by atoms with Crippen LogP contribution in [0.15, 0.2) is 24.7 Å². The molecule has 0 bridgehead atoms. The van der Waals surface area contributed by atoms with Gasteiger partial charge < -0.3 is 10.1 Å². The number of rotatable bonds is 5. The van der Waals surface area contributed by atoms with E-state index in [1.807, 2.05) is 31.6 Å². The van der Waals surface area contributed by atoms with Crippen LogP contribution in [0.25, 0.3) is 0 Å². The number of nitrogens with zero attached hydrogens (tertiary/aromatic N) is 4. The maximum Gasteiger partial charge on any atom is 0.218 e. The van der Waals surface area contributed by atoms with Crippen LogP contribution in [0.2, 0.25) is 0 Å². The average molecular weight is 247 g/mol. The van der Waals surface area contributed by atoms with E-state index in [2.05, 4.69) is 20.4 Å². The van der Waals surface area contributed by atoms with E-state index in [9.17, 15) is 0 Å². The minimum absolute atomic E-state index is 0.102. The molecule has 6 nitrogen and oxygen atoms in total. The first-order chi connectivity index (χ1) is 8.65. The van der Waals surface area contributed by atoms with Crippen molar-refractivity contribution in [3.63, 3.8) is 0 Å². The molecule has 0 spiro atoms. The van der Waals surface area contributed by atoms with Gasteiger partial charge in [-0.25, -0.2) is 9.97 Å². The number of aromatic nitrogens is 4. The van der Waals surface area contributed by atoms with Gasteiger partial charge in [0, 0.05) is 19.3 Å². The van der Waals surface area contributed by atoms with Crippen molar-refractivity contribution >= 4 is 5.82 Å². The van der Waals surface area contributed by atoms with Gasteiger partial charge in [0.1, 0.15) is 12.1 Å². The molecule has 0 aromatic carbocycles. The lowest BCUT2D eigenvalue weighted by atomic mass is 10.4. The van der Waals surface area contributed by atoms with Gasteiger partial charge in [0.25, 0.3) is 0 Å². The summed E-state index contributed by atoms with van der Waals surface area (Å²) in [4.78, 5) is 8.20. The van der Waals surface area contributed by atoms with E-state index in [1.165, 1.54) is 6.33 Å². The molecule has 1 N–H and O–H groups in total. The van der Waals surface area contributed by atoms with Gasteiger partial charge in [0.2, 0.25) is 5.88 Å². The first-order valence-corrected chi connectivity index (χ1v) is 5.84. The summed E-state index contributed by atoms with van der Waals surface area (Å²) in [5.74, 6) is 1.31. The molecule has 2 heterocycles. The molecule has 96 valence electrons. The van der Waals surface area contributed by atoms with Crippen molar-refractivity contribution in [3.8, 4) is 5.88 Å². The van der Waals surface area contributed by atoms with Crippen LogP contribution in [0.4, 0.5) is 5.82 Å². The van der Waals surface area contributed by atoms with Gasteiger partial charge in [-0.05, 0) is 19.9 Å². The maximum atomic E-state index is 5.51. The second-order valence-corrected chi connectivity index (χ2v) is 4.21. The highest BCUT2D eigenvalue weighted by Crippen LogP contribution is 2.13. The van der Waals surface area contributed by atoms with Gasteiger partial charge in [-0.3, -0.25) is 4.68 Å². The van der Waals surface area contributed by atoms with E-state index in [-0.39, 0.29) is 6.10 Å². The molecule has 6 heteroatoms. The van der Waals surface area contributed by atoms with Crippen LogP contribution in [-0.4, -0.2) is 25.9 Å². The quantitative estimate of drug-likeness (QED) is 0.869. The molecule has 0 fully saturated rings. The fourth-order valence-corrected chi connectivity index (χ4v) is 1.50. The van der Waals surface area contributed by atoms with Crippen LogP contribution < -0.4 is 10.1 Å². The zero-order valence-corrected chi connectivity index (χ0v) is 10.8. The van der Waals surface area contributed by atoms with Gasteiger partial charge in [-0.15, -0.1) is 0 Å². The topological polar surface area (TPSA) is 64.9 Å². The molecule has 2 rings (SSSR count). The van der Waals surface area contributed by atoms with E-state index >= 15 is 0 Å². The van der Waals surface area contributed by atoms with Gasteiger partial charge in [-0.1, -0.05) is 0 Å². The molecule has 0 aliphatic heterocycles. The first kappa shape index (κ1) is 12.3. The van der Waals surface area contributed by atoms with Gasteiger partial charge >= 0.3 is 0 Å². The van der Waals surface area contributed by atoms with Crippen LogP contribution >= 0.6 is 0 Å². The standard InChI is InChI=1S/C12H17N5O/c1-9(2)18-12-6-11(14-8-15-12)13-7-10-4-5-16-17(10)3/h4-6,8-9H,7H2,1-3H3,(H,13,14,15). The smallest absolute Gasteiger partial charge is 0.218 e. The Kier molecular flexibility index (Phi) is 3.76. The molecule has 18 heavy (non-hydrogen) atoms. The lowest BCUT2D eigenvalue weighted by molar-refractivity contribution is 0.232.